The molecular weight excluding hydrogens is 308 g/mol. The molecule has 2 rings (SSSR count). The minimum atomic E-state index is -3.60. The lowest BCUT2D eigenvalue weighted by molar-refractivity contribution is 0.401. The van der Waals surface area contributed by atoms with Crippen LogP contribution < -0.4 is 10.0 Å². The van der Waals surface area contributed by atoms with Gasteiger partial charge in [0.1, 0.15) is 5.76 Å². The molecule has 0 aromatic carbocycles. The van der Waals surface area contributed by atoms with E-state index in [2.05, 4.69) is 17.0 Å². The van der Waals surface area contributed by atoms with Crippen LogP contribution in [0.4, 0.5) is 0 Å². The minimum Gasteiger partial charge on any atom is -0.447 e. The molecule has 21 heavy (non-hydrogen) atoms. The smallest absolute Gasteiger partial charge is 0.274 e. The highest BCUT2D eigenvalue weighted by molar-refractivity contribution is 7.89. The molecule has 0 bridgehead atoms. The third kappa shape index (κ3) is 4.41. The highest BCUT2D eigenvalue weighted by Gasteiger charge is 2.18. The van der Waals surface area contributed by atoms with Crippen LogP contribution in [0.2, 0.25) is 0 Å². The van der Waals surface area contributed by atoms with Crippen molar-refractivity contribution < 1.29 is 12.8 Å². The summed E-state index contributed by atoms with van der Waals surface area (Å²) in [4.78, 5) is 2.24. The Balaban J connectivity index is 1.99. The van der Waals surface area contributed by atoms with E-state index >= 15 is 0 Å². The van der Waals surface area contributed by atoms with Gasteiger partial charge in [-0.15, -0.1) is 11.3 Å². The Morgan fingerprint density at radius 1 is 1.10 bits per heavy atom. The molecule has 0 unspecified atom stereocenters. The van der Waals surface area contributed by atoms with Crippen molar-refractivity contribution in [1.29, 1.82) is 0 Å². The average molecular weight is 328 g/mol. The Kier molecular flexibility index (Phi) is 5.58. The van der Waals surface area contributed by atoms with Gasteiger partial charge in [0.05, 0.1) is 6.54 Å². The van der Waals surface area contributed by atoms with Gasteiger partial charge in [-0.2, -0.15) is 0 Å². The zero-order chi connectivity index (χ0) is 15.3. The standard InChI is InChI=1S/C14H20N2O3S2/c1-3-12-6-7-13(20-12)10-16-21(17,18)14-8-5-11(19-14)9-15-4-2/h5-8,15-16H,3-4,9-10H2,1-2H3. The van der Waals surface area contributed by atoms with Crippen molar-refractivity contribution >= 4 is 21.4 Å². The fourth-order valence-corrected chi connectivity index (χ4v) is 3.73. The number of thiophene rings is 1. The molecule has 0 aliphatic heterocycles. The van der Waals surface area contributed by atoms with Crippen LogP contribution in [0.25, 0.3) is 0 Å². The number of furan rings is 1. The van der Waals surface area contributed by atoms with Crippen molar-refractivity contribution in [3.63, 3.8) is 0 Å². The molecule has 0 fully saturated rings. The van der Waals surface area contributed by atoms with E-state index in [1.807, 2.05) is 19.1 Å². The highest BCUT2D eigenvalue weighted by Crippen LogP contribution is 2.18. The van der Waals surface area contributed by atoms with Crippen LogP contribution in [0.3, 0.4) is 0 Å². The van der Waals surface area contributed by atoms with Gasteiger partial charge < -0.3 is 9.73 Å². The first kappa shape index (κ1) is 16.2. The lowest BCUT2D eigenvalue weighted by Crippen LogP contribution is -2.22. The monoisotopic (exact) mass is 328 g/mol. The van der Waals surface area contributed by atoms with Gasteiger partial charge in [-0.05, 0) is 37.2 Å². The van der Waals surface area contributed by atoms with Crippen molar-refractivity contribution in [2.75, 3.05) is 6.54 Å². The number of aryl methyl sites for hydroxylation is 1. The second kappa shape index (κ2) is 7.22. The van der Waals surface area contributed by atoms with Crippen LogP contribution in [0.1, 0.15) is 29.4 Å². The van der Waals surface area contributed by atoms with Crippen molar-refractivity contribution in [3.05, 3.63) is 39.8 Å². The zero-order valence-corrected chi connectivity index (χ0v) is 13.8. The Hall–Kier alpha value is -1.15. The summed E-state index contributed by atoms with van der Waals surface area (Å²) in [6, 6.07) is 7.14. The topological polar surface area (TPSA) is 71.3 Å². The van der Waals surface area contributed by atoms with Crippen molar-refractivity contribution in [2.45, 2.75) is 38.5 Å². The molecule has 0 saturated heterocycles. The summed E-state index contributed by atoms with van der Waals surface area (Å²) in [7, 11) is -3.60. The predicted molar refractivity (Wildman–Crippen MR) is 83.8 cm³/mol. The first-order chi connectivity index (χ1) is 10.0. The number of sulfonamides is 1. The molecule has 0 amide bonds. The molecule has 2 aromatic heterocycles. The van der Waals surface area contributed by atoms with E-state index in [0.717, 1.165) is 17.8 Å². The molecule has 2 N–H and O–H groups in total. The molecule has 0 aliphatic carbocycles. The maximum Gasteiger partial charge on any atom is 0.274 e. The molecule has 0 atom stereocenters. The predicted octanol–water partition coefficient (Wildman–Crippen LogP) is 2.49. The Labute approximate surface area is 129 Å². The van der Waals surface area contributed by atoms with Gasteiger partial charge in [0.25, 0.3) is 10.0 Å². The van der Waals surface area contributed by atoms with E-state index in [0.29, 0.717) is 12.3 Å². The summed E-state index contributed by atoms with van der Waals surface area (Å²) in [6.07, 6.45) is 0.962. The number of hydrogen-bond donors (Lipinski definition) is 2. The van der Waals surface area contributed by atoms with Gasteiger partial charge in [-0.3, -0.25) is 0 Å². The third-order valence-corrected chi connectivity index (χ3v) is 5.46. The van der Waals surface area contributed by atoms with Crippen molar-refractivity contribution in [1.82, 2.24) is 10.0 Å². The van der Waals surface area contributed by atoms with E-state index in [-0.39, 0.29) is 11.6 Å². The Morgan fingerprint density at radius 3 is 2.52 bits per heavy atom. The van der Waals surface area contributed by atoms with Crippen LogP contribution in [0, 0.1) is 0 Å². The first-order valence-electron chi connectivity index (χ1n) is 6.91. The van der Waals surface area contributed by atoms with Crippen LogP contribution in [-0.2, 0) is 29.5 Å². The van der Waals surface area contributed by atoms with E-state index in [9.17, 15) is 8.42 Å². The van der Waals surface area contributed by atoms with Gasteiger partial charge >= 0.3 is 0 Å². The van der Waals surface area contributed by atoms with E-state index in [4.69, 9.17) is 4.42 Å². The molecular formula is C14H20N2O3S2. The third-order valence-electron chi connectivity index (χ3n) is 2.95. The summed E-state index contributed by atoms with van der Waals surface area (Å²) < 4.78 is 32.2. The molecule has 5 nitrogen and oxygen atoms in total. The number of hydrogen-bond acceptors (Lipinski definition) is 5. The second-order valence-corrected chi connectivity index (χ2v) is 7.50. The zero-order valence-electron chi connectivity index (χ0n) is 12.2. The molecule has 2 heterocycles. The molecule has 7 heteroatoms. The van der Waals surface area contributed by atoms with Crippen LogP contribution in [0.15, 0.2) is 33.8 Å². The van der Waals surface area contributed by atoms with Crippen molar-refractivity contribution in [2.24, 2.45) is 0 Å². The fourth-order valence-electron chi connectivity index (χ4n) is 1.79. The van der Waals surface area contributed by atoms with Crippen LogP contribution >= 0.6 is 11.3 Å². The maximum atomic E-state index is 12.1. The summed E-state index contributed by atoms with van der Waals surface area (Å²) in [5.41, 5.74) is 0. The Morgan fingerprint density at radius 2 is 1.86 bits per heavy atom. The van der Waals surface area contributed by atoms with Gasteiger partial charge in [0.15, 0.2) is 0 Å². The summed E-state index contributed by atoms with van der Waals surface area (Å²) in [6.45, 7) is 5.68. The lowest BCUT2D eigenvalue weighted by Gasteiger charge is -2.02. The normalized spacial score (nSPS) is 11.9. The minimum absolute atomic E-state index is 0.0392. The average Bonchev–Trinajstić information content (AvgIpc) is 3.12. The number of rotatable bonds is 8. The maximum absolute atomic E-state index is 12.1. The van der Waals surface area contributed by atoms with Gasteiger partial charge in [0, 0.05) is 16.3 Å². The van der Waals surface area contributed by atoms with Crippen LogP contribution in [-0.4, -0.2) is 15.0 Å². The SMILES string of the molecule is CCNCc1ccc(S(=O)(=O)NCc2ccc(CC)s2)o1. The fraction of sp³-hybridized carbons (Fsp3) is 0.429. The molecule has 0 spiro atoms. The van der Waals surface area contributed by atoms with Crippen LogP contribution in [0.5, 0.6) is 0 Å². The lowest BCUT2D eigenvalue weighted by atomic mass is 10.4. The van der Waals surface area contributed by atoms with Crippen molar-refractivity contribution in [3.8, 4) is 0 Å². The highest BCUT2D eigenvalue weighted by atomic mass is 32.2. The molecule has 0 radical (unpaired) electrons. The summed E-state index contributed by atoms with van der Waals surface area (Å²) in [5, 5.41) is 3.05. The molecule has 0 aliphatic rings. The molecule has 2 aromatic rings. The van der Waals surface area contributed by atoms with Gasteiger partial charge in [-0.25, -0.2) is 13.1 Å². The van der Waals surface area contributed by atoms with Gasteiger partial charge in [0.2, 0.25) is 5.09 Å². The molecule has 116 valence electrons. The van der Waals surface area contributed by atoms with E-state index in [1.54, 1.807) is 17.4 Å². The summed E-state index contributed by atoms with van der Waals surface area (Å²) >= 11 is 1.62. The largest absolute Gasteiger partial charge is 0.447 e. The first-order valence-corrected chi connectivity index (χ1v) is 9.21. The Bertz CT molecular complexity index is 674. The summed E-state index contributed by atoms with van der Waals surface area (Å²) in [5.74, 6) is 0.613. The van der Waals surface area contributed by atoms with Gasteiger partial charge in [-0.1, -0.05) is 13.8 Å². The quantitative estimate of drug-likeness (QED) is 0.781. The van der Waals surface area contributed by atoms with E-state index < -0.39 is 10.0 Å². The second-order valence-electron chi connectivity index (χ2n) is 4.55. The molecule has 0 saturated carbocycles. The number of nitrogens with one attached hydrogen (secondary N) is 2. The van der Waals surface area contributed by atoms with E-state index in [1.165, 1.54) is 10.9 Å².